The minimum Gasteiger partial charge on any atom is -0.497 e. The molecule has 1 aliphatic rings. The molecule has 0 fully saturated rings. The number of ether oxygens (including phenoxy) is 1. The molecule has 3 heteroatoms. The lowest BCUT2D eigenvalue weighted by atomic mass is 9.76. The van der Waals surface area contributed by atoms with Gasteiger partial charge in [-0.25, -0.2) is 0 Å². The van der Waals surface area contributed by atoms with E-state index in [0.29, 0.717) is 0 Å². The highest BCUT2D eigenvalue weighted by Gasteiger charge is 2.37. The first-order valence-corrected chi connectivity index (χ1v) is 6.87. The zero-order valence-corrected chi connectivity index (χ0v) is 12.3. The van der Waals surface area contributed by atoms with E-state index in [-0.39, 0.29) is 17.4 Å². The summed E-state index contributed by atoms with van der Waals surface area (Å²) in [4.78, 5) is 12.5. The summed E-state index contributed by atoms with van der Waals surface area (Å²) in [6.07, 6.45) is 0. The van der Waals surface area contributed by atoms with Crippen molar-refractivity contribution >= 4 is 16.7 Å². The van der Waals surface area contributed by atoms with Crippen LogP contribution in [0.4, 0.5) is 0 Å². The fraction of sp³-hybridized carbons (Fsp3) is 0.353. The zero-order valence-electron chi connectivity index (χ0n) is 12.3. The SMILES string of the molecule is COc1ccc2c3c(ccc2c1)[C@H](C)C(C)(C)NC3=O. The monoisotopic (exact) mass is 269 g/mol. The van der Waals surface area contributed by atoms with Crippen molar-refractivity contribution < 1.29 is 9.53 Å². The van der Waals surface area contributed by atoms with E-state index in [1.165, 1.54) is 0 Å². The highest BCUT2D eigenvalue weighted by Crippen LogP contribution is 2.38. The molecule has 0 unspecified atom stereocenters. The van der Waals surface area contributed by atoms with E-state index < -0.39 is 0 Å². The quantitative estimate of drug-likeness (QED) is 0.860. The third kappa shape index (κ3) is 1.77. The fourth-order valence-electron chi connectivity index (χ4n) is 2.92. The predicted octanol–water partition coefficient (Wildman–Crippen LogP) is 3.47. The summed E-state index contributed by atoms with van der Waals surface area (Å²) < 4.78 is 5.25. The maximum atomic E-state index is 12.5. The lowest BCUT2D eigenvalue weighted by Crippen LogP contribution is -2.51. The summed E-state index contributed by atoms with van der Waals surface area (Å²) in [5.41, 5.74) is 1.71. The van der Waals surface area contributed by atoms with Crippen molar-refractivity contribution in [1.82, 2.24) is 5.32 Å². The summed E-state index contributed by atoms with van der Waals surface area (Å²) in [6, 6.07) is 9.98. The molecule has 20 heavy (non-hydrogen) atoms. The maximum absolute atomic E-state index is 12.5. The van der Waals surface area contributed by atoms with Gasteiger partial charge >= 0.3 is 0 Å². The van der Waals surface area contributed by atoms with Gasteiger partial charge in [0.25, 0.3) is 5.91 Å². The van der Waals surface area contributed by atoms with Crippen LogP contribution in [0, 0.1) is 0 Å². The molecular weight excluding hydrogens is 250 g/mol. The highest BCUT2D eigenvalue weighted by molar-refractivity contribution is 6.10. The van der Waals surface area contributed by atoms with Crippen molar-refractivity contribution in [1.29, 1.82) is 0 Å². The Morgan fingerprint density at radius 2 is 1.95 bits per heavy atom. The lowest BCUT2D eigenvalue weighted by Gasteiger charge is -2.39. The Balaban J connectivity index is 2.29. The number of amides is 1. The van der Waals surface area contributed by atoms with Crippen molar-refractivity contribution in [2.24, 2.45) is 0 Å². The minimum atomic E-state index is -0.218. The van der Waals surface area contributed by atoms with Gasteiger partial charge < -0.3 is 10.1 Å². The van der Waals surface area contributed by atoms with Crippen molar-refractivity contribution in [3.63, 3.8) is 0 Å². The minimum absolute atomic E-state index is 0.0128. The average Bonchev–Trinajstić information content (AvgIpc) is 2.42. The Bertz CT molecular complexity index is 703. The Kier molecular flexibility index (Phi) is 2.75. The van der Waals surface area contributed by atoms with Gasteiger partial charge in [0.15, 0.2) is 0 Å². The molecule has 1 heterocycles. The van der Waals surface area contributed by atoms with E-state index in [2.05, 4.69) is 38.2 Å². The van der Waals surface area contributed by atoms with Gasteiger partial charge in [0.2, 0.25) is 0 Å². The second-order valence-electron chi connectivity index (χ2n) is 6.01. The first-order chi connectivity index (χ1) is 9.44. The van der Waals surface area contributed by atoms with E-state index in [9.17, 15) is 4.79 Å². The topological polar surface area (TPSA) is 38.3 Å². The predicted molar refractivity (Wildman–Crippen MR) is 80.5 cm³/mol. The number of hydrogen-bond donors (Lipinski definition) is 1. The number of carbonyl (C=O) groups is 1. The second-order valence-corrected chi connectivity index (χ2v) is 6.01. The van der Waals surface area contributed by atoms with Gasteiger partial charge in [0, 0.05) is 11.5 Å². The molecule has 0 radical (unpaired) electrons. The fourth-order valence-corrected chi connectivity index (χ4v) is 2.92. The van der Waals surface area contributed by atoms with Crippen LogP contribution in [0.15, 0.2) is 30.3 Å². The van der Waals surface area contributed by atoms with Crippen LogP contribution < -0.4 is 10.1 Å². The van der Waals surface area contributed by atoms with E-state index in [0.717, 1.165) is 27.6 Å². The number of methoxy groups -OCH3 is 1. The van der Waals surface area contributed by atoms with E-state index >= 15 is 0 Å². The molecule has 0 spiro atoms. The molecule has 104 valence electrons. The number of hydrogen-bond acceptors (Lipinski definition) is 2. The van der Waals surface area contributed by atoms with Gasteiger partial charge in [-0.05, 0) is 48.4 Å². The molecule has 1 amide bonds. The number of rotatable bonds is 1. The summed E-state index contributed by atoms with van der Waals surface area (Å²) in [7, 11) is 1.65. The average molecular weight is 269 g/mol. The van der Waals surface area contributed by atoms with Crippen LogP contribution in [0.3, 0.4) is 0 Å². The molecule has 3 rings (SSSR count). The normalized spacial score (nSPS) is 20.4. The number of benzene rings is 2. The van der Waals surface area contributed by atoms with Crippen LogP contribution in [0.5, 0.6) is 5.75 Å². The van der Waals surface area contributed by atoms with Gasteiger partial charge in [-0.15, -0.1) is 0 Å². The molecule has 2 aromatic rings. The van der Waals surface area contributed by atoms with Crippen molar-refractivity contribution in [2.75, 3.05) is 7.11 Å². The summed E-state index contributed by atoms with van der Waals surface area (Å²) in [6.45, 7) is 6.29. The number of carbonyl (C=O) groups excluding carboxylic acids is 1. The van der Waals surface area contributed by atoms with Gasteiger partial charge in [-0.3, -0.25) is 4.79 Å². The van der Waals surface area contributed by atoms with Crippen molar-refractivity contribution in [2.45, 2.75) is 32.2 Å². The first-order valence-electron chi connectivity index (χ1n) is 6.87. The maximum Gasteiger partial charge on any atom is 0.252 e. The third-order valence-corrected chi connectivity index (χ3v) is 4.47. The zero-order chi connectivity index (χ0) is 14.5. The van der Waals surface area contributed by atoms with Gasteiger partial charge in [-0.2, -0.15) is 0 Å². The molecule has 0 saturated carbocycles. The molecule has 0 saturated heterocycles. The number of fused-ring (bicyclic) bond motifs is 3. The molecule has 1 aliphatic heterocycles. The van der Waals surface area contributed by atoms with Crippen LogP contribution in [-0.4, -0.2) is 18.6 Å². The Hall–Kier alpha value is -2.03. The first kappa shape index (κ1) is 13.0. The Morgan fingerprint density at radius 3 is 2.65 bits per heavy atom. The third-order valence-electron chi connectivity index (χ3n) is 4.47. The van der Waals surface area contributed by atoms with Crippen LogP contribution in [0.25, 0.3) is 10.8 Å². The summed E-state index contributed by atoms with van der Waals surface area (Å²) >= 11 is 0. The van der Waals surface area contributed by atoms with E-state index in [4.69, 9.17) is 4.74 Å². The molecule has 0 aliphatic carbocycles. The molecule has 1 N–H and O–H groups in total. The molecule has 0 aromatic heterocycles. The standard InChI is InChI=1S/C17H19NO2/c1-10-13-7-5-11-9-12(20-4)6-8-14(11)15(13)16(19)18-17(10,2)3/h5-10H,1-4H3,(H,18,19)/t10-/m0/s1. The van der Waals surface area contributed by atoms with E-state index in [1.54, 1.807) is 7.11 Å². The number of nitrogens with one attached hydrogen (secondary N) is 1. The van der Waals surface area contributed by atoms with Crippen LogP contribution in [-0.2, 0) is 0 Å². The van der Waals surface area contributed by atoms with E-state index in [1.807, 2.05) is 18.2 Å². The Labute approximate surface area is 118 Å². The Morgan fingerprint density at radius 1 is 1.20 bits per heavy atom. The largest absolute Gasteiger partial charge is 0.497 e. The van der Waals surface area contributed by atoms with Gasteiger partial charge in [-0.1, -0.05) is 19.1 Å². The van der Waals surface area contributed by atoms with Gasteiger partial charge in [0.05, 0.1) is 12.7 Å². The molecular formula is C17H19NO2. The molecule has 3 nitrogen and oxygen atoms in total. The second kappa shape index (κ2) is 4.23. The lowest BCUT2D eigenvalue weighted by molar-refractivity contribution is 0.0883. The smallest absolute Gasteiger partial charge is 0.252 e. The molecule has 1 atom stereocenters. The van der Waals surface area contributed by atoms with Crippen molar-refractivity contribution in [3.05, 3.63) is 41.5 Å². The van der Waals surface area contributed by atoms with Crippen LogP contribution >= 0.6 is 0 Å². The van der Waals surface area contributed by atoms with Gasteiger partial charge in [0.1, 0.15) is 5.75 Å². The molecule has 0 bridgehead atoms. The summed E-state index contributed by atoms with van der Waals surface area (Å²) in [5.74, 6) is 1.10. The summed E-state index contributed by atoms with van der Waals surface area (Å²) in [5, 5.41) is 5.13. The van der Waals surface area contributed by atoms with Crippen LogP contribution in [0.1, 0.15) is 42.6 Å². The van der Waals surface area contributed by atoms with Crippen molar-refractivity contribution in [3.8, 4) is 5.75 Å². The van der Waals surface area contributed by atoms with Crippen LogP contribution in [0.2, 0.25) is 0 Å². The highest BCUT2D eigenvalue weighted by atomic mass is 16.5. The molecule has 2 aromatic carbocycles.